The first-order chi connectivity index (χ1) is 10.0. The second kappa shape index (κ2) is 12.2. The van der Waals surface area contributed by atoms with Crippen LogP contribution < -0.4 is 0 Å². The minimum atomic E-state index is 0.528. The van der Waals surface area contributed by atoms with Gasteiger partial charge in [0.1, 0.15) is 6.34 Å². The quantitative estimate of drug-likeness (QED) is 0.544. The zero-order valence-electron chi connectivity index (χ0n) is 10.4. The maximum absolute atomic E-state index is 3.62. The fourth-order valence-corrected chi connectivity index (χ4v) is 0.731. The standard InChI is InChI=1S/C3H4N2.3C2H3N3/c1-2-4-5-3-1;1-3-2-5-4-1;2*1-2-4-5-3-1/h1-3H,(H,4,5);1H,2H2;2*1-2H,(H,3,4,5). The molecular formula is C9H13N11. The SMILES string of the molecule is C1=NCN=N1.c1c[nH]nn1.c1cn[nH]c1.c1cn[nH]n1. The van der Waals surface area contributed by atoms with Gasteiger partial charge in [-0.25, -0.2) is 4.99 Å². The molecule has 1 aliphatic rings. The summed E-state index contributed by atoms with van der Waals surface area (Å²) < 4.78 is 0. The molecule has 11 nitrogen and oxygen atoms in total. The molecule has 0 aromatic carbocycles. The van der Waals surface area contributed by atoms with Gasteiger partial charge in [-0.05, 0) is 6.07 Å². The molecule has 4 rings (SSSR count). The van der Waals surface area contributed by atoms with Crippen molar-refractivity contribution in [3.8, 4) is 0 Å². The molecule has 0 fully saturated rings. The first-order valence-electron chi connectivity index (χ1n) is 5.39. The van der Waals surface area contributed by atoms with E-state index in [1.807, 2.05) is 6.07 Å². The molecular weight excluding hydrogens is 262 g/mol. The molecule has 0 aliphatic carbocycles. The highest BCUT2D eigenvalue weighted by Crippen LogP contribution is 1.80. The van der Waals surface area contributed by atoms with Gasteiger partial charge in [0, 0.05) is 18.6 Å². The van der Waals surface area contributed by atoms with Crippen LogP contribution in [0.5, 0.6) is 0 Å². The average Bonchev–Trinajstić information content (AvgIpc) is 3.40. The summed E-state index contributed by atoms with van der Waals surface area (Å²) in [5, 5.41) is 31.7. The van der Waals surface area contributed by atoms with E-state index in [-0.39, 0.29) is 0 Å². The van der Waals surface area contributed by atoms with Crippen LogP contribution in [0.4, 0.5) is 0 Å². The van der Waals surface area contributed by atoms with Gasteiger partial charge in [-0.2, -0.15) is 25.6 Å². The van der Waals surface area contributed by atoms with Crippen LogP contribution in [0.1, 0.15) is 0 Å². The van der Waals surface area contributed by atoms with Gasteiger partial charge in [0.15, 0.2) is 6.67 Å². The number of aliphatic imine (C=N–C) groups is 1. The van der Waals surface area contributed by atoms with Crippen molar-refractivity contribution in [3.05, 3.63) is 43.2 Å². The van der Waals surface area contributed by atoms with Gasteiger partial charge in [-0.1, -0.05) is 5.21 Å². The van der Waals surface area contributed by atoms with Crippen molar-refractivity contribution in [3.63, 3.8) is 0 Å². The Balaban J connectivity index is 0.000000133. The molecule has 4 heterocycles. The second-order valence-corrected chi connectivity index (χ2v) is 2.78. The van der Waals surface area contributed by atoms with Gasteiger partial charge in [0.25, 0.3) is 0 Å². The predicted octanol–water partition coefficient (Wildman–Crippen LogP) is 0.457. The van der Waals surface area contributed by atoms with Crippen LogP contribution in [0.25, 0.3) is 0 Å². The van der Waals surface area contributed by atoms with E-state index < -0.39 is 0 Å². The molecule has 3 aromatic heterocycles. The monoisotopic (exact) mass is 275 g/mol. The number of rotatable bonds is 0. The molecule has 0 spiro atoms. The third-order valence-electron chi connectivity index (χ3n) is 1.43. The highest BCUT2D eigenvalue weighted by molar-refractivity contribution is 5.55. The Labute approximate surface area is 113 Å². The van der Waals surface area contributed by atoms with Crippen molar-refractivity contribution in [1.82, 2.24) is 41.0 Å². The molecule has 104 valence electrons. The average molecular weight is 275 g/mol. The van der Waals surface area contributed by atoms with Gasteiger partial charge >= 0.3 is 0 Å². The Morgan fingerprint density at radius 3 is 1.95 bits per heavy atom. The molecule has 11 heteroatoms. The van der Waals surface area contributed by atoms with E-state index in [0.717, 1.165) is 0 Å². The van der Waals surface area contributed by atoms with Gasteiger partial charge < -0.3 is 0 Å². The van der Waals surface area contributed by atoms with Crippen LogP contribution in [-0.2, 0) is 0 Å². The van der Waals surface area contributed by atoms with Crippen LogP contribution in [0.3, 0.4) is 0 Å². The molecule has 3 N–H and O–H groups in total. The first-order valence-corrected chi connectivity index (χ1v) is 5.39. The maximum atomic E-state index is 3.62. The van der Waals surface area contributed by atoms with E-state index >= 15 is 0 Å². The fraction of sp³-hybridized carbons (Fsp3) is 0.111. The fourth-order valence-electron chi connectivity index (χ4n) is 0.731. The van der Waals surface area contributed by atoms with Crippen molar-refractivity contribution in [1.29, 1.82) is 0 Å². The van der Waals surface area contributed by atoms with E-state index in [4.69, 9.17) is 0 Å². The molecule has 0 saturated heterocycles. The molecule has 0 unspecified atom stereocenters. The number of azo groups is 1. The number of hydrogen-bond acceptors (Lipinski definition) is 8. The van der Waals surface area contributed by atoms with Gasteiger partial charge in [0.2, 0.25) is 0 Å². The van der Waals surface area contributed by atoms with E-state index in [9.17, 15) is 0 Å². The van der Waals surface area contributed by atoms with Crippen molar-refractivity contribution in [2.75, 3.05) is 6.67 Å². The summed E-state index contributed by atoms with van der Waals surface area (Å²) in [7, 11) is 0. The zero-order chi connectivity index (χ0) is 14.1. The van der Waals surface area contributed by atoms with E-state index in [1.165, 1.54) is 6.34 Å². The highest BCUT2D eigenvalue weighted by Gasteiger charge is 1.74. The molecule has 1 aliphatic heterocycles. The lowest BCUT2D eigenvalue weighted by Gasteiger charge is -1.57. The summed E-state index contributed by atoms with van der Waals surface area (Å²) in [5.74, 6) is 0. The van der Waals surface area contributed by atoms with Crippen molar-refractivity contribution in [2.24, 2.45) is 15.2 Å². The minimum absolute atomic E-state index is 0.528. The Bertz CT molecular complexity index is 386. The molecule has 0 atom stereocenters. The van der Waals surface area contributed by atoms with E-state index in [1.54, 1.807) is 37.2 Å². The molecule has 0 radical (unpaired) electrons. The van der Waals surface area contributed by atoms with E-state index in [2.05, 4.69) is 56.2 Å². The summed E-state index contributed by atoms with van der Waals surface area (Å²) >= 11 is 0. The Hall–Kier alpha value is -3.24. The van der Waals surface area contributed by atoms with Gasteiger partial charge in [-0.3, -0.25) is 10.2 Å². The molecule has 0 bridgehead atoms. The van der Waals surface area contributed by atoms with Crippen LogP contribution in [-0.4, -0.2) is 54.0 Å². The van der Waals surface area contributed by atoms with Crippen LogP contribution in [0, 0.1) is 0 Å². The normalized spacial score (nSPS) is 10.4. The number of nitrogens with one attached hydrogen (secondary N) is 3. The van der Waals surface area contributed by atoms with Crippen LogP contribution >= 0.6 is 0 Å². The third-order valence-corrected chi connectivity index (χ3v) is 1.43. The third kappa shape index (κ3) is 9.95. The second-order valence-electron chi connectivity index (χ2n) is 2.78. The van der Waals surface area contributed by atoms with Crippen molar-refractivity contribution >= 4 is 6.34 Å². The highest BCUT2D eigenvalue weighted by atomic mass is 15.3. The number of aromatic amines is 3. The first kappa shape index (κ1) is 14.8. The summed E-state index contributed by atoms with van der Waals surface area (Å²) in [6.07, 6.45) is 11.3. The molecule has 0 amide bonds. The van der Waals surface area contributed by atoms with E-state index in [0.29, 0.717) is 6.67 Å². The van der Waals surface area contributed by atoms with Crippen LogP contribution in [0.15, 0.2) is 58.5 Å². The summed E-state index contributed by atoms with van der Waals surface area (Å²) in [6.45, 7) is 0.528. The largest absolute Gasteiger partial charge is 0.286 e. The molecule has 3 aromatic rings. The maximum Gasteiger partial charge on any atom is 0.152 e. The van der Waals surface area contributed by atoms with Crippen molar-refractivity contribution in [2.45, 2.75) is 0 Å². The number of H-pyrrole nitrogens is 3. The topological polar surface area (TPSA) is 149 Å². The predicted molar refractivity (Wildman–Crippen MR) is 69.6 cm³/mol. The molecule has 0 saturated carbocycles. The summed E-state index contributed by atoms with van der Waals surface area (Å²) in [4.78, 5) is 3.62. The lowest BCUT2D eigenvalue weighted by molar-refractivity contribution is 0.940. The van der Waals surface area contributed by atoms with Crippen molar-refractivity contribution < 1.29 is 0 Å². The smallest absolute Gasteiger partial charge is 0.152 e. The minimum Gasteiger partial charge on any atom is -0.286 e. The van der Waals surface area contributed by atoms with Crippen LogP contribution in [0.2, 0.25) is 0 Å². The summed E-state index contributed by atoms with van der Waals surface area (Å²) in [6, 6.07) is 1.83. The number of hydrogen-bond donors (Lipinski definition) is 3. The van der Waals surface area contributed by atoms with Gasteiger partial charge in [-0.15, -0.1) is 10.2 Å². The Kier molecular flexibility index (Phi) is 9.06. The lowest BCUT2D eigenvalue weighted by Crippen LogP contribution is -1.61. The molecule has 20 heavy (non-hydrogen) atoms. The van der Waals surface area contributed by atoms with Gasteiger partial charge in [0.05, 0.1) is 18.6 Å². The Morgan fingerprint density at radius 2 is 1.75 bits per heavy atom. The number of aromatic nitrogens is 8. The number of nitrogens with zero attached hydrogens (tertiary/aromatic N) is 8. The summed E-state index contributed by atoms with van der Waals surface area (Å²) in [5.41, 5.74) is 0. The Morgan fingerprint density at radius 1 is 0.850 bits per heavy atom. The zero-order valence-corrected chi connectivity index (χ0v) is 10.4. The lowest BCUT2D eigenvalue weighted by atomic mass is 10.8.